The molecule has 0 bridgehead atoms. The number of likely N-dealkylation sites (N-methyl/N-ethyl adjacent to an activating group) is 1. The summed E-state index contributed by atoms with van der Waals surface area (Å²) in [4.78, 5) is 24.7. The van der Waals surface area contributed by atoms with E-state index in [4.69, 9.17) is 9.84 Å². The smallest absolute Gasteiger partial charge is 0.307 e. The van der Waals surface area contributed by atoms with Gasteiger partial charge in [-0.05, 0) is 31.4 Å². The van der Waals surface area contributed by atoms with Gasteiger partial charge in [-0.2, -0.15) is 0 Å². The number of nitrogens with zero attached hydrogens (tertiary/aromatic N) is 1. The molecule has 0 heterocycles. The maximum atomic E-state index is 12.2. The molecule has 1 N–H and O–H groups in total. The Kier molecular flexibility index (Phi) is 4.83. The highest BCUT2D eigenvalue weighted by Gasteiger charge is 2.42. The van der Waals surface area contributed by atoms with E-state index in [0.29, 0.717) is 26.0 Å². The van der Waals surface area contributed by atoms with Gasteiger partial charge in [0.2, 0.25) is 5.91 Å². The Morgan fingerprint density at radius 2 is 1.95 bits per heavy atom. The zero-order chi connectivity index (χ0) is 15.4. The summed E-state index contributed by atoms with van der Waals surface area (Å²) in [6.07, 6.45) is 1.26. The molecule has 1 amide bonds. The van der Waals surface area contributed by atoms with Gasteiger partial charge in [0.05, 0.1) is 18.4 Å². The number of para-hydroxylation sites is 1. The van der Waals surface area contributed by atoms with Crippen molar-refractivity contribution in [2.45, 2.75) is 19.8 Å². The summed E-state index contributed by atoms with van der Waals surface area (Å²) in [5.74, 6) is -1.04. The fourth-order valence-electron chi connectivity index (χ4n) is 2.50. The molecule has 1 aliphatic carbocycles. The largest absolute Gasteiger partial charge is 0.491 e. The van der Waals surface area contributed by atoms with Crippen molar-refractivity contribution >= 4 is 11.9 Å². The second-order valence-corrected chi connectivity index (χ2v) is 5.50. The molecule has 0 aromatic heterocycles. The number of carbonyl (C=O) groups is 2. The van der Waals surface area contributed by atoms with E-state index in [1.165, 1.54) is 0 Å². The molecule has 1 aromatic rings. The molecule has 0 saturated heterocycles. The molecule has 5 nitrogen and oxygen atoms in total. The lowest BCUT2D eigenvalue weighted by Crippen LogP contribution is -2.45. The van der Waals surface area contributed by atoms with Gasteiger partial charge in [0, 0.05) is 7.05 Å². The second kappa shape index (κ2) is 6.61. The summed E-state index contributed by atoms with van der Waals surface area (Å²) in [6, 6.07) is 7.71. The minimum absolute atomic E-state index is 0.0953. The number of hydrogen-bond acceptors (Lipinski definition) is 3. The number of carboxylic acids is 1. The Morgan fingerprint density at radius 3 is 2.52 bits per heavy atom. The van der Waals surface area contributed by atoms with Crippen molar-refractivity contribution in [1.29, 1.82) is 0 Å². The zero-order valence-electron chi connectivity index (χ0n) is 12.4. The molecule has 0 radical (unpaired) electrons. The molecule has 1 aliphatic rings. The Hall–Kier alpha value is -2.04. The van der Waals surface area contributed by atoms with Crippen LogP contribution in [0.5, 0.6) is 5.75 Å². The number of ether oxygens (including phenoxy) is 1. The standard InChI is InChI=1S/C16H21NO4/c1-11-5-3-4-6-14(11)21-10-9-17(2)15(18)12-7-8-13(12)16(19)20/h3-6,12-13H,7-10H2,1-2H3,(H,19,20). The molecule has 21 heavy (non-hydrogen) atoms. The van der Waals surface area contributed by atoms with Crippen molar-refractivity contribution in [3.63, 3.8) is 0 Å². The molecular formula is C16H21NO4. The summed E-state index contributed by atoms with van der Waals surface area (Å²) in [7, 11) is 1.70. The minimum Gasteiger partial charge on any atom is -0.491 e. The number of aliphatic carboxylic acids is 1. The molecule has 1 fully saturated rings. The van der Waals surface area contributed by atoms with Crippen molar-refractivity contribution in [3.8, 4) is 5.75 Å². The van der Waals surface area contributed by atoms with Gasteiger partial charge >= 0.3 is 5.97 Å². The van der Waals surface area contributed by atoms with Crippen LogP contribution in [0.25, 0.3) is 0 Å². The Bertz CT molecular complexity index is 529. The number of aryl methyl sites for hydroxylation is 1. The number of carbonyl (C=O) groups excluding carboxylic acids is 1. The van der Waals surface area contributed by atoms with Gasteiger partial charge in [0.15, 0.2) is 0 Å². The van der Waals surface area contributed by atoms with E-state index in [9.17, 15) is 9.59 Å². The first-order valence-corrected chi connectivity index (χ1v) is 7.17. The van der Waals surface area contributed by atoms with Crippen LogP contribution in [0.3, 0.4) is 0 Å². The van der Waals surface area contributed by atoms with Crippen LogP contribution in [-0.4, -0.2) is 42.1 Å². The van der Waals surface area contributed by atoms with Crippen LogP contribution in [-0.2, 0) is 9.59 Å². The number of rotatable bonds is 6. The van der Waals surface area contributed by atoms with Crippen LogP contribution in [0.15, 0.2) is 24.3 Å². The van der Waals surface area contributed by atoms with E-state index in [1.54, 1.807) is 11.9 Å². The van der Waals surface area contributed by atoms with E-state index in [-0.39, 0.29) is 11.8 Å². The van der Waals surface area contributed by atoms with E-state index in [2.05, 4.69) is 0 Å². The zero-order valence-corrected chi connectivity index (χ0v) is 12.4. The molecule has 0 aliphatic heterocycles. The summed E-state index contributed by atoms with van der Waals surface area (Å²) < 4.78 is 5.65. The van der Waals surface area contributed by atoms with Gasteiger partial charge in [-0.25, -0.2) is 0 Å². The molecule has 2 rings (SSSR count). The lowest BCUT2D eigenvalue weighted by Gasteiger charge is -2.34. The highest BCUT2D eigenvalue weighted by Crippen LogP contribution is 2.35. The van der Waals surface area contributed by atoms with Gasteiger partial charge < -0.3 is 14.7 Å². The highest BCUT2D eigenvalue weighted by atomic mass is 16.5. The predicted molar refractivity (Wildman–Crippen MR) is 78.2 cm³/mol. The maximum absolute atomic E-state index is 12.2. The van der Waals surface area contributed by atoms with Crippen molar-refractivity contribution in [3.05, 3.63) is 29.8 Å². The van der Waals surface area contributed by atoms with Crippen molar-refractivity contribution in [2.24, 2.45) is 11.8 Å². The van der Waals surface area contributed by atoms with Crippen molar-refractivity contribution in [1.82, 2.24) is 4.90 Å². The lowest BCUT2D eigenvalue weighted by atomic mass is 9.73. The first-order valence-electron chi connectivity index (χ1n) is 7.17. The Morgan fingerprint density at radius 1 is 1.29 bits per heavy atom. The highest BCUT2D eigenvalue weighted by molar-refractivity contribution is 5.86. The lowest BCUT2D eigenvalue weighted by molar-refractivity contribution is -0.156. The normalized spacial score (nSPS) is 20.5. The fourth-order valence-corrected chi connectivity index (χ4v) is 2.50. The average molecular weight is 291 g/mol. The third kappa shape index (κ3) is 3.54. The maximum Gasteiger partial charge on any atom is 0.307 e. The average Bonchev–Trinajstić information content (AvgIpc) is 2.38. The first-order chi connectivity index (χ1) is 10.0. The van der Waals surface area contributed by atoms with E-state index in [1.807, 2.05) is 31.2 Å². The predicted octanol–water partition coefficient (Wildman–Crippen LogP) is 1.94. The van der Waals surface area contributed by atoms with Gasteiger partial charge in [-0.3, -0.25) is 9.59 Å². The van der Waals surface area contributed by atoms with Crippen molar-refractivity contribution < 1.29 is 19.4 Å². The third-order valence-electron chi connectivity index (χ3n) is 4.06. The van der Waals surface area contributed by atoms with Gasteiger partial charge in [0.25, 0.3) is 0 Å². The number of carboxylic acid groups (broad SMARTS) is 1. The van der Waals surface area contributed by atoms with Crippen LogP contribution < -0.4 is 4.74 Å². The molecule has 2 unspecified atom stereocenters. The first kappa shape index (κ1) is 15.4. The molecule has 5 heteroatoms. The van der Waals surface area contributed by atoms with E-state index in [0.717, 1.165) is 11.3 Å². The van der Waals surface area contributed by atoms with Crippen LogP contribution in [0.2, 0.25) is 0 Å². The topological polar surface area (TPSA) is 66.8 Å². The fraction of sp³-hybridized carbons (Fsp3) is 0.500. The Labute approximate surface area is 124 Å². The molecule has 114 valence electrons. The van der Waals surface area contributed by atoms with Gasteiger partial charge in [0.1, 0.15) is 12.4 Å². The van der Waals surface area contributed by atoms with Crippen LogP contribution >= 0.6 is 0 Å². The molecular weight excluding hydrogens is 270 g/mol. The summed E-state index contributed by atoms with van der Waals surface area (Å²) in [6.45, 7) is 2.82. The van der Waals surface area contributed by atoms with E-state index < -0.39 is 11.9 Å². The quantitative estimate of drug-likeness (QED) is 0.870. The molecule has 1 aromatic carbocycles. The van der Waals surface area contributed by atoms with Gasteiger partial charge in [-0.1, -0.05) is 18.2 Å². The Balaban J connectivity index is 1.79. The summed E-state index contributed by atoms with van der Waals surface area (Å²) in [5.41, 5.74) is 1.05. The number of amides is 1. The third-order valence-corrected chi connectivity index (χ3v) is 4.06. The summed E-state index contributed by atoms with van der Waals surface area (Å²) >= 11 is 0. The minimum atomic E-state index is -0.871. The summed E-state index contributed by atoms with van der Waals surface area (Å²) in [5, 5.41) is 8.99. The number of benzene rings is 1. The SMILES string of the molecule is Cc1ccccc1OCCN(C)C(=O)C1CCC1C(=O)O. The van der Waals surface area contributed by atoms with Crippen LogP contribution in [0.1, 0.15) is 18.4 Å². The van der Waals surface area contributed by atoms with Crippen LogP contribution in [0.4, 0.5) is 0 Å². The second-order valence-electron chi connectivity index (χ2n) is 5.50. The molecule has 0 spiro atoms. The van der Waals surface area contributed by atoms with Gasteiger partial charge in [-0.15, -0.1) is 0 Å². The van der Waals surface area contributed by atoms with Crippen LogP contribution in [0, 0.1) is 18.8 Å². The molecule has 1 saturated carbocycles. The van der Waals surface area contributed by atoms with E-state index >= 15 is 0 Å². The number of hydrogen-bond donors (Lipinski definition) is 1. The molecule has 2 atom stereocenters. The van der Waals surface area contributed by atoms with Crippen molar-refractivity contribution in [2.75, 3.05) is 20.2 Å². The monoisotopic (exact) mass is 291 g/mol.